The van der Waals surface area contributed by atoms with Crippen molar-refractivity contribution < 1.29 is 9.63 Å². The number of aliphatic hydroxyl groups excluding tert-OH is 1. The molecule has 1 aliphatic carbocycles. The van der Waals surface area contributed by atoms with E-state index in [4.69, 9.17) is 4.52 Å². The molecule has 96 valence electrons. The number of nitrogens with zero attached hydrogens (tertiary/aromatic N) is 2. The molecule has 4 heteroatoms. The Bertz CT molecular complexity index is 568. The van der Waals surface area contributed by atoms with Crippen LogP contribution in [0.4, 0.5) is 0 Å². The fourth-order valence-electron chi connectivity index (χ4n) is 2.81. The van der Waals surface area contributed by atoms with Crippen molar-refractivity contribution in [2.24, 2.45) is 0 Å². The van der Waals surface area contributed by atoms with Gasteiger partial charge in [0.25, 0.3) is 0 Å². The van der Waals surface area contributed by atoms with E-state index in [0.717, 1.165) is 36.3 Å². The third-order valence-electron chi connectivity index (χ3n) is 3.69. The van der Waals surface area contributed by atoms with E-state index in [1.165, 1.54) is 11.4 Å². The molecule has 1 aliphatic rings. The van der Waals surface area contributed by atoms with Crippen molar-refractivity contribution in [2.75, 3.05) is 0 Å². The standard InChI is InChI=1S/C14H18N2O2/c1-9-6-11(18-15-9)8-16-10(2)7-12-13(16)4-3-5-14(12)17/h6-7,14,17H,3-5,8H2,1-2H3. The van der Waals surface area contributed by atoms with E-state index in [-0.39, 0.29) is 6.10 Å². The predicted molar refractivity (Wildman–Crippen MR) is 67.4 cm³/mol. The molecule has 1 N–H and O–H groups in total. The van der Waals surface area contributed by atoms with Crippen LogP contribution < -0.4 is 0 Å². The Hall–Kier alpha value is -1.55. The first-order chi connectivity index (χ1) is 8.65. The summed E-state index contributed by atoms with van der Waals surface area (Å²) in [7, 11) is 0. The van der Waals surface area contributed by atoms with Crippen molar-refractivity contribution in [3.05, 3.63) is 40.5 Å². The summed E-state index contributed by atoms with van der Waals surface area (Å²) in [5, 5.41) is 13.9. The molecule has 0 spiro atoms. The van der Waals surface area contributed by atoms with Crippen LogP contribution in [0.5, 0.6) is 0 Å². The summed E-state index contributed by atoms with van der Waals surface area (Å²) in [6, 6.07) is 4.06. The number of fused-ring (bicyclic) bond motifs is 1. The molecule has 2 aromatic heterocycles. The maximum atomic E-state index is 10.0. The van der Waals surface area contributed by atoms with Gasteiger partial charge in [-0.05, 0) is 39.2 Å². The number of aryl methyl sites for hydroxylation is 2. The molecular formula is C14H18N2O2. The van der Waals surface area contributed by atoms with Gasteiger partial charge < -0.3 is 14.2 Å². The lowest BCUT2D eigenvalue weighted by molar-refractivity contribution is 0.155. The van der Waals surface area contributed by atoms with Gasteiger partial charge in [0.05, 0.1) is 18.3 Å². The number of rotatable bonds is 2. The number of hydrogen-bond acceptors (Lipinski definition) is 3. The highest BCUT2D eigenvalue weighted by atomic mass is 16.5. The zero-order valence-corrected chi connectivity index (χ0v) is 10.8. The maximum Gasteiger partial charge on any atom is 0.156 e. The number of hydrogen-bond donors (Lipinski definition) is 1. The van der Waals surface area contributed by atoms with Gasteiger partial charge in [-0.3, -0.25) is 0 Å². The molecule has 2 heterocycles. The van der Waals surface area contributed by atoms with E-state index in [2.05, 4.69) is 22.7 Å². The minimum Gasteiger partial charge on any atom is -0.388 e. The zero-order valence-electron chi connectivity index (χ0n) is 10.8. The van der Waals surface area contributed by atoms with Gasteiger partial charge in [0, 0.05) is 23.0 Å². The smallest absolute Gasteiger partial charge is 0.156 e. The molecule has 1 atom stereocenters. The lowest BCUT2D eigenvalue weighted by Gasteiger charge is -2.20. The average Bonchev–Trinajstić information content (AvgIpc) is 2.87. The number of aliphatic hydroxyl groups is 1. The molecule has 3 rings (SSSR count). The van der Waals surface area contributed by atoms with E-state index >= 15 is 0 Å². The Balaban J connectivity index is 1.97. The molecule has 0 saturated carbocycles. The molecule has 0 aliphatic heterocycles. The van der Waals surface area contributed by atoms with Crippen LogP contribution in [0.2, 0.25) is 0 Å². The van der Waals surface area contributed by atoms with Crippen molar-refractivity contribution >= 4 is 0 Å². The summed E-state index contributed by atoms with van der Waals surface area (Å²) in [6.07, 6.45) is 2.66. The van der Waals surface area contributed by atoms with Crippen LogP contribution in [0, 0.1) is 13.8 Å². The van der Waals surface area contributed by atoms with Crippen molar-refractivity contribution in [1.29, 1.82) is 0 Å². The molecule has 0 saturated heterocycles. The topological polar surface area (TPSA) is 51.2 Å². The number of aromatic nitrogens is 2. The van der Waals surface area contributed by atoms with E-state index in [1.807, 2.05) is 13.0 Å². The Morgan fingerprint density at radius 1 is 1.44 bits per heavy atom. The highest BCUT2D eigenvalue weighted by Crippen LogP contribution is 2.32. The largest absolute Gasteiger partial charge is 0.388 e. The summed E-state index contributed by atoms with van der Waals surface area (Å²) in [5.41, 5.74) is 4.43. The van der Waals surface area contributed by atoms with Crippen LogP contribution in [0.3, 0.4) is 0 Å². The first kappa shape index (κ1) is 11.5. The summed E-state index contributed by atoms with van der Waals surface area (Å²) in [4.78, 5) is 0. The second-order valence-electron chi connectivity index (χ2n) is 5.12. The molecule has 0 radical (unpaired) electrons. The van der Waals surface area contributed by atoms with Gasteiger partial charge in [-0.25, -0.2) is 0 Å². The highest BCUT2D eigenvalue weighted by molar-refractivity contribution is 5.32. The monoisotopic (exact) mass is 246 g/mol. The van der Waals surface area contributed by atoms with Crippen LogP contribution in [0.1, 0.15) is 47.4 Å². The van der Waals surface area contributed by atoms with Crippen molar-refractivity contribution in [3.63, 3.8) is 0 Å². The van der Waals surface area contributed by atoms with E-state index in [9.17, 15) is 5.11 Å². The van der Waals surface area contributed by atoms with Crippen LogP contribution in [-0.2, 0) is 13.0 Å². The van der Waals surface area contributed by atoms with Gasteiger partial charge >= 0.3 is 0 Å². The average molecular weight is 246 g/mol. The molecule has 2 aromatic rings. The van der Waals surface area contributed by atoms with E-state index in [1.54, 1.807) is 0 Å². The normalized spacial score (nSPS) is 18.9. The van der Waals surface area contributed by atoms with Gasteiger partial charge in [0.2, 0.25) is 0 Å². The Labute approximate surface area is 106 Å². The molecule has 0 bridgehead atoms. The molecule has 0 amide bonds. The summed E-state index contributed by atoms with van der Waals surface area (Å²) >= 11 is 0. The lowest BCUT2D eigenvalue weighted by atomic mass is 9.95. The molecule has 4 nitrogen and oxygen atoms in total. The van der Waals surface area contributed by atoms with E-state index in [0.29, 0.717) is 6.54 Å². The minimum absolute atomic E-state index is 0.301. The lowest BCUT2D eigenvalue weighted by Crippen LogP contribution is -2.13. The SMILES string of the molecule is Cc1cc(Cn2c(C)cc3c2CCCC3O)on1. The van der Waals surface area contributed by atoms with Crippen LogP contribution in [0.25, 0.3) is 0 Å². The molecule has 0 aromatic carbocycles. The predicted octanol–water partition coefficient (Wildman–Crippen LogP) is 2.51. The fraction of sp³-hybridized carbons (Fsp3) is 0.500. The minimum atomic E-state index is -0.301. The first-order valence-corrected chi connectivity index (χ1v) is 6.44. The third kappa shape index (κ3) is 1.86. The second kappa shape index (κ2) is 4.28. The fourth-order valence-corrected chi connectivity index (χ4v) is 2.81. The van der Waals surface area contributed by atoms with Gasteiger partial charge in [-0.15, -0.1) is 0 Å². The van der Waals surface area contributed by atoms with Crippen LogP contribution >= 0.6 is 0 Å². The summed E-state index contributed by atoms with van der Waals surface area (Å²) < 4.78 is 7.51. The van der Waals surface area contributed by atoms with Gasteiger partial charge in [0.1, 0.15) is 0 Å². The van der Waals surface area contributed by atoms with Crippen LogP contribution in [0.15, 0.2) is 16.7 Å². The Morgan fingerprint density at radius 3 is 3.00 bits per heavy atom. The van der Waals surface area contributed by atoms with Crippen molar-refractivity contribution in [3.8, 4) is 0 Å². The third-order valence-corrected chi connectivity index (χ3v) is 3.69. The van der Waals surface area contributed by atoms with Gasteiger partial charge in [0.15, 0.2) is 5.76 Å². The van der Waals surface area contributed by atoms with Crippen molar-refractivity contribution in [1.82, 2.24) is 9.72 Å². The molecular weight excluding hydrogens is 228 g/mol. The van der Waals surface area contributed by atoms with Crippen LogP contribution in [-0.4, -0.2) is 14.8 Å². The Morgan fingerprint density at radius 2 is 2.28 bits per heavy atom. The zero-order chi connectivity index (χ0) is 12.7. The molecule has 1 unspecified atom stereocenters. The van der Waals surface area contributed by atoms with Gasteiger partial charge in [-0.1, -0.05) is 5.16 Å². The summed E-state index contributed by atoms with van der Waals surface area (Å²) in [6.45, 7) is 4.71. The van der Waals surface area contributed by atoms with E-state index < -0.39 is 0 Å². The summed E-state index contributed by atoms with van der Waals surface area (Å²) in [5.74, 6) is 0.870. The quantitative estimate of drug-likeness (QED) is 0.885. The first-order valence-electron chi connectivity index (χ1n) is 6.44. The molecule has 18 heavy (non-hydrogen) atoms. The highest BCUT2D eigenvalue weighted by Gasteiger charge is 2.23. The van der Waals surface area contributed by atoms with Gasteiger partial charge in [-0.2, -0.15) is 0 Å². The second-order valence-corrected chi connectivity index (χ2v) is 5.12. The molecule has 0 fully saturated rings. The Kier molecular flexibility index (Phi) is 2.74. The van der Waals surface area contributed by atoms with Crippen molar-refractivity contribution in [2.45, 2.75) is 45.8 Å². The maximum absolute atomic E-state index is 10.0.